The zero-order valence-electron chi connectivity index (χ0n) is 14.1. The molecule has 2 aromatic carbocycles. The first-order valence-corrected chi connectivity index (χ1v) is 9.91. The molecule has 0 spiro atoms. The molecule has 1 fully saturated rings. The molecule has 3 rings (SSSR count). The number of benzene rings is 2. The first kappa shape index (κ1) is 17.6. The SMILES string of the molecule is Cc1ccc(C2CC(C(=O)Nc3ccc(S(C)(=O)=O)cc3)NN2)cc1. The van der Waals surface area contributed by atoms with E-state index in [4.69, 9.17) is 0 Å². The van der Waals surface area contributed by atoms with Gasteiger partial charge in [-0.25, -0.2) is 19.3 Å². The van der Waals surface area contributed by atoms with Crippen LogP contribution in [0.2, 0.25) is 0 Å². The molecular formula is C18H21N3O3S. The topological polar surface area (TPSA) is 87.3 Å². The van der Waals surface area contributed by atoms with Crippen LogP contribution in [0.5, 0.6) is 0 Å². The number of nitrogens with one attached hydrogen (secondary N) is 3. The largest absolute Gasteiger partial charge is 0.325 e. The maximum absolute atomic E-state index is 12.4. The van der Waals surface area contributed by atoms with Gasteiger partial charge in [-0.2, -0.15) is 0 Å². The summed E-state index contributed by atoms with van der Waals surface area (Å²) in [7, 11) is -3.24. The fraction of sp³-hybridized carbons (Fsp3) is 0.278. The molecule has 0 bridgehead atoms. The Morgan fingerprint density at radius 2 is 1.68 bits per heavy atom. The van der Waals surface area contributed by atoms with Crippen molar-refractivity contribution in [3.05, 3.63) is 59.7 Å². The number of carbonyl (C=O) groups excluding carboxylic acids is 1. The minimum atomic E-state index is -3.24. The molecule has 2 atom stereocenters. The van der Waals surface area contributed by atoms with Crippen LogP contribution in [0, 0.1) is 6.92 Å². The molecule has 2 unspecified atom stereocenters. The number of carbonyl (C=O) groups is 1. The number of rotatable bonds is 4. The van der Waals surface area contributed by atoms with Gasteiger partial charge in [-0.3, -0.25) is 4.79 Å². The molecule has 7 heteroatoms. The Kier molecular flexibility index (Phi) is 4.89. The third-order valence-corrected chi connectivity index (χ3v) is 5.38. The number of hydrogen-bond acceptors (Lipinski definition) is 5. The van der Waals surface area contributed by atoms with Crippen LogP contribution < -0.4 is 16.2 Å². The summed E-state index contributed by atoms with van der Waals surface area (Å²) in [6.45, 7) is 2.04. The van der Waals surface area contributed by atoms with Gasteiger partial charge < -0.3 is 5.32 Å². The Balaban J connectivity index is 1.61. The van der Waals surface area contributed by atoms with E-state index in [1.807, 2.05) is 19.1 Å². The molecule has 0 saturated carbocycles. The van der Waals surface area contributed by atoms with Gasteiger partial charge in [-0.15, -0.1) is 0 Å². The standard InChI is InChI=1S/C18H21N3O3S/c1-12-3-5-13(6-4-12)16-11-17(21-20-16)18(22)19-14-7-9-15(10-8-14)25(2,23)24/h3-10,16-17,20-21H,11H2,1-2H3,(H,19,22). The van der Waals surface area contributed by atoms with Crippen molar-refractivity contribution in [3.63, 3.8) is 0 Å². The highest BCUT2D eigenvalue weighted by Gasteiger charge is 2.30. The van der Waals surface area contributed by atoms with Crippen molar-refractivity contribution in [2.45, 2.75) is 30.3 Å². The molecule has 0 aliphatic carbocycles. The van der Waals surface area contributed by atoms with Crippen LogP contribution in [0.3, 0.4) is 0 Å². The van der Waals surface area contributed by atoms with E-state index in [9.17, 15) is 13.2 Å². The van der Waals surface area contributed by atoms with E-state index in [0.29, 0.717) is 12.1 Å². The van der Waals surface area contributed by atoms with E-state index < -0.39 is 9.84 Å². The average Bonchev–Trinajstić information content (AvgIpc) is 3.05. The molecule has 1 aliphatic rings. The fourth-order valence-corrected chi connectivity index (χ4v) is 3.39. The minimum Gasteiger partial charge on any atom is -0.325 e. The summed E-state index contributed by atoms with van der Waals surface area (Å²) in [5.41, 5.74) is 9.06. The van der Waals surface area contributed by atoms with Crippen molar-refractivity contribution >= 4 is 21.4 Å². The summed E-state index contributed by atoms with van der Waals surface area (Å²) in [4.78, 5) is 12.6. The second-order valence-corrected chi connectivity index (χ2v) is 8.34. The van der Waals surface area contributed by atoms with Crippen LogP contribution >= 0.6 is 0 Å². The first-order valence-electron chi connectivity index (χ1n) is 8.01. The van der Waals surface area contributed by atoms with Crippen molar-refractivity contribution in [1.29, 1.82) is 0 Å². The average molecular weight is 359 g/mol. The lowest BCUT2D eigenvalue weighted by molar-refractivity contribution is -0.117. The Bertz CT molecular complexity index is 861. The molecule has 1 aliphatic heterocycles. The predicted molar refractivity (Wildman–Crippen MR) is 96.8 cm³/mol. The van der Waals surface area contributed by atoms with Gasteiger partial charge >= 0.3 is 0 Å². The van der Waals surface area contributed by atoms with E-state index >= 15 is 0 Å². The monoisotopic (exact) mass is 359 g/mol. The molecule has 0 aromatic heterocycles. The Morgan fingerprint density at radius 3 is 2.28 bits per heavy atom. The van der Waals surface area contributed by atoms with Crippen LogP contribution in [-0.4, -0.2) is 26.6 Å². The number of hydrogen-bond donors (Lipinski definition) is 3. The lowest BCUT2D eigenvalue weighted by Gasteiger charge is -2.11. The fourth-order valence-electron chi connectivity index (χ4n) is 2.76. The normalized spacial score (nSPS) is 20.4. The number of aryl methyl sites for hydroxylation is 1. The van der Waals surface area contributed by atoms with Crippen LogP contribution in [0.1, 0.15) is 23.6 Å². The smallest absolute Gasteiger partial charge is 0.242 e. The molecule has 6 nitrogen and oxygen atoms in total. The van der Waals surface area contributed by atoms with Crippen LogP contribution in [0.15, 0.2) is 53.4 Å². The maximum Gasteiger partial charge on any atom is 0.242 e. The summed E-state index contributed by atoms with van der Waals surface area (Å²) in [5.74, 6) is -0.158. The molecule has 132 valence electrons. The van der Waals surface area contributed by atoms with Gasteiger partial charge in [0.25, 0.3) is 0 Å². The van der Waals surface area contributed by atoms with E-state index in [1.54, 1.807) is 12.1 Å². The predicted octanol–water partition coefficient (Wildman–Crippen LogP) is 1.94. The zero-order chi connectivity index (χ0) is 18.0. The summed E-state index contributed by atoms with van der Waals surface area (Å²) >= 11 is 0. The summed E-state index contributed by atoms with van der Waals surface area (Å²) in [6, 6.07) is 14.1. The van der Waals surface area contributed by atoms with Gasteiger partial charge in [0.15, 0.2) is 9.84 Å². The summed E-state index contributed by atoms with van der Waals surface area (Å²) in [5, 5.41) is 2.81. The van der Waals surface area contributed by atoms with Gasteiger partial charge in [0.2, 0.25) is 5.91 Å². The van der Waals surface area contributed by atoms with Crippen molar-refractivity contribution in [1.82, 2.24) is 10.9 Å². The molecule has 3 N–H and O–H groups in total. The van der Waals surface area contributed by atoms with Gasteiger partial charge in [-0.1, -0.05) is 29.8 Å². The van der Waals surface area contributed by atoms with Crippen molar-refractivity contribution in [2.75, 3.05) is 11.6 Å². The first-order chi connectivity index (χ1) is 11.8. The van der Waals surface area contributed by atoms with E-state index in [-0.39, 0.29) is 22.9 Å². The lowest BCUT2D eigenvalue weighted by Crippen LogP contribution is -2.39. The second-order valence-electron chi connectivity index (χ2n) is 6.33. The van der Waals surface area contributed by atoms with E-state index in [0.717, 1.165) is 11.8 Å². The Hall–Kier alpha value is -2.22. The highest BCUT2D eigenvalue weighted by molar-refractivity contribution is 7.90. The van der Waals surface area contributed by atoms with Crippen LogP contribution in [0.4, 0.5) is 5.69 Å². The number of amides is 1. The molecule has 1 saturated heterocycles. The molecule has 0 radical (unpaired) electrons. The third kappa shape index (κ3) is 4.25. The highest BCUT2D eigenvalue weighted by atomic mass is 32.2. The quantitative estimate of drug-likeness (QED) is 0.777. The zero-order valence-corrected chi connectivity index (χ0v) is 14.9. The molecule has 2 aromatic rings. The Labute approximate surface area is 147 Å². The lowest BCUT2D eigenvalue weighted by atomic mass is 10.0. The summed E-state index contributed by atoms with van der Waals surface area (Å²) in [6.07, 6.45) is 1.79. The van der Waals surface area contributed by atoms with Crippen molar-refractivity contribution in [3.8, 4) is 0 Å². The third-order valence-electron chi connectivity index (χ3n) is 4.25. The molecule has 25 heavy (non-hydrogen) atoms. The molecule has 1 amide bonds. The van der Waals surface area contributed by atoms with Gasteiger partial charge in [0, 0.05) is 18.0 Å². The van der Waals surface area contributed by atoms with Crippen LogP contribution in [0.25, 0.3) is 0 Å². The Morgan fingerprint density at radius 1 is 1.04 bits per heavy atom. The van der Waals surface area contributed by atoms with E-state index in [2.05, 4.69) is 28.3 Å². The maximum atomic E-state index is 12.4. The highest BCUT2D eigenvalue weighted by Crippen LogP contribution is 2.23. The van der Waals surface area contributed by atoms with Gasteiger partial charge in [-0.05, 0) is 43.2 Å². The molecular weight excluding hydrogens is 338 g/mol. The number of sulfone groups is 1. The van der Waals surface area contributed by atoms with Gasteiger partial charge in [0.05, 0.1) is 4.90 Å². The van der Waals surface area contributed by atoms with Crippen LogP contribution in [-0.2, 0) is 14.6 Å². The van der Waals surface area contributed by atoms with Crippen molar-refractivity contribution < 1.29 is 13.2 Å². The molecule has 1 heterocycles. The number of hydrazine groups is 1. The van der Waals surface area contributed by atoms with Crippen molar-refractivity contribution in [2.24, 2.45) is 0 Å². The number of anilines is 1. The minimum absolute atomic E-state index is 0.0731. The summed E-state index contributed by atoms with van der Waals surface area (Å²) < 4.78 is 22.9. The van der Waals surface area contributed by atoms with E-state index in [1.165, 1.54) is 17.7 Å². The van der Waals surface area contributed by atoms with Gasteiger partial charge in [0.1, 0.15) is 6.04 Å². The second kappa shape index (κ2) is 6.95.